The third-order valence-corrected chi connectivity index (χ3v) is 16.2. The molecule has 0 heterocycles. The van der Waals surface area contributed by atoms with Crippen LogP contribution in [0.2, 0.25) is 0 Å². The molecule has 2 N–H and O–H groups in total. The number of Topliss-reactive ketones (excluding diaryl/α,β-unsaturated/α-hetero) is 1. The van der Waals surface area contributed by atoms with Gasteiger partial charge in [-0.1, -0.05) is 77.4 Å². The molecule has 0 aliphatic heterocycles. The van der Waals surface area contributed by atoms with Gasteiger partial charge in [0.2, 0.25) is 0 Å². The largest absolute Gasteiger partial charge is 0.481 e. The van der Waals surface area contributed by atoms with Crippen LogP contribution in [0.25, 0.3) is 0 Å². The summed E-state index contributed by atoms with van der Waals surface area (Å²) in [7, 11) is 4.20. The number of carbonyl (C=O) groups is 3. The summed E-state index contributed by atoms with van der Waals surface area (Å²) in [5.74, 6) is 0.730. The van der Waals surface area contributed by atoms with E-state index in [-0.39, 0.29) is 46.4 Å². The fourth-order valence-electron chi connectivity index (χ4n) is 13.2. The molecular formula is C47H72N2O6. The molecule has 2 unspecified atom stereocenters. The van der Waals surface area contributed by atoms with E-state index >= 15 is 0 Å². The van der Waals surface area contributed by atoms with Crippen LogP contribution in [0, 0.1) is 56.7 Å². The molecular weight excluding hydrogens is 689 g/mol. The Balaban J connectivity index is 1.26. The Morgan fingerprint density at radius 2 is 1.56 bits per heavy atom. The number of aliphatic hydroxyl groups excluding tert-OH is 1. The summed E-state index contributed by atoms with van der Waals surface area (Å²) in [5.41, 5.74) is 1.83. The number of nitrogens with zero attached hydrogens (tertiary/aromatic N) is 2. The molecule has 55 heavy (non-hydrogen) atoms. The Morgan fingerprint density at radius 3 is 2.20 bits per heavy atom. The molecule has 4 saturated carbocycles. The highest BCUT2D eigenvalue weighted by atomic mass is 16.5. The second kappa shape index (κ2) is 15.3. The van der Waals surface area contributed by atoms with Crippen LogP contribution in [0.15, 0.2) is 41.5 Å². The molecule has 1 aromatic carbocycles. The van der Waals surface area contributed by atoms with Crippen LogP contribution in [-0.2, 0) is 25.7 Å². The topological polar surface area (TPSA) is 107 Å². The summed E-state index contributed by atoms with van der Waals surface area (Å²) < 4.78 is 6.17. The maximum absolute atomic E-state index is 14.2. The van der Waals surface area contributed by atoms with E-state index in [0.29, 0.717) is 30.7 Å². The van der Waals surface area contributed by atoms with Gasteiger partial charge in [-0.2, -0.15) is 0 Å². The van der Waals surface area contributed by atoms with E-state index in [4.69, 9.17) is 4.74 Å². The van der Waals surface area contributed by atoms with Crippen molar-refractivity contribution in [3.63, 3.8) is 0 Å². The summed E-state index contributed by atoms with van der Waals surface area (Å²) in [6, 6.07) is 10.5. The third-order valence-electron chi connectivity index (χ3n) is 16.2. The maximum Gasteiger partial charge on any atom is 0.309 e. The first kappa shape index (κ1) is 42.1. The quantitative estimate of drug-likeness (QED) is 0.193. The number of ketones is 1. The van der Waals surface area contributed by atoms with Gasteiger partial charge in [-0.3, -0.25) is 19.3 Å². The number of esters is 1. The van der Waals surface area contributed by atoms with E-state index in [9.17, 15) is 24.6 Å². The number of hydrogen-bond donors (Lipinski definition) is 2. The minimum absolute atomic E-state index is 0.0464. The minimum Gasteiger partial charge on any atom is -0.481 e. The highest BCUT2D eigenvalue weighted by molar-refractivity contribution is 6.00. The van der Waals surface area contributed by atoms with Crippen molar-refractivity contribution in [3.8, 4) is 0 Å². The SMILES string of the molecule is CC(C)C1=C2[C@H]3CCC4[C@@H](CCC5C(C)(C)[C@@H](OC(=O)CC(C)(C)C(=O)O)CC[C@]45C)[C@]3(C)CC[C@@]2([C@H](O)CN(CCN(C)C)Cc2ccccc2)CC1=O. The summed E-state index contributed by atoms with van der Waals surface area (Å²) >= 11 is 0. The number of likely N-dealkylation sites (N-methyl/N-ethyl adjacent to an activating group) is 1. The van der Waals surface area contributed by atoms with Crippen molar-refractivity contribution in [1.29, 1.82) is 0 Å². The van der Waals surface area contributed by atoms with Crippen molar-refractivity contribution < 1.29 is 29.3 Å². The molecule has 6 rings (SSSR count). The molecule has 8 nitrogen and oxygen atoms in total. The Labute approximate surface area is 331 Å². The number of carboxylic acid groups (broad SMARTS) is 1. The van der Waals surface area contributed by atoms with Crippen molar-refractivity contribution in [1.82, 2.24) is 9.80 Å². The lowest BCUT2D eigenvalue weighted by atomic mass is 9.37. The van der Waals surface area contributed by atoms with E-state index in [0.717, 1.165) is 76.6 Å². The Hall–Kier alpha value is -2.55. The van der Waals surface area contributed by atoms with E-state index in [2.05, 4.69) is 89.7 Å². The van der Waals surface area contributed by atoms with Crippen molar-refractivity contribution >= 4 is 17.7 Å². The first-order chi connectivity index (χ1) is 25.7. The van der Waals surface area contributed by atoms with Crippen molar-refractivity contribution in [3.05, 3.63) is 47.0 Å². The number of carboxylic acids is 1. The predicted octanol–water partition coefficient (Wildman–Crippen LogP) is 8.41. The minimum atomic E-state index is -1.16. The molecule has 9 atom stereocenters. The highest BCUT2D eigenvalue weighted by Crippen LogP contribution is 2.73. The molecule has 8 heteroatoms. The summed E-state index contributed by atoms with van der Waals surface area (Å²) in [5, 5.41) is 22.2. The molecule has 0 saturated heterocycles. The van der Waals surface area contributed by atoms with Crippen molar-refractivity contribution in [2.45, 2.75) is 138 Å². The van der Waals surface area contributed by atoms with Crippen LogP contribution in [-0.4, -0.2) is 83.7 Å². The summed E-state index contributed by atoms with van der Waals surface area (Å²) in [6.45, 7) is 20.2. The zero-order valence-electron chi connectivity index (χ0n) is 35.7. The number of aliphatic hydroxyl groups is 1. The molecule has 5 aliphatic carbocycles. The monoisotopic (exact) mass is 761 g/mol. The Bertz CT molecular complexity index is 1630. The number of carbonyl (C=O) groups excluding carboxylic acids is 2. The first-order valence-corrected chi connectivity index (χ1v) is 21.5. The third kappa shape index (κ3) is 7.51. The molecule has 0 spiro atoms. The van der Waals surface area contributed by atoms with Gasteiger partial charge in [0, 0.05) is 43.4 Å². The van der Waals surface area contributed by atoms with Gasteiger partial charge in [0.15, 0.2) is 5.78 Å². The van der Waals surface area contributed by atoms with Gasteiger partial charge >= 0.3 is 11.9 Å². The molecule has 0 bridgehead atoms. The normalized spacial score (nSPS) is 34.9. The van der Waals surface area contributed by atoms with Gasteiger partial charge in [-0.25, -0.2) is 0 Å². The van der Waals surface area contributed by atoms with Crippen LogP contribution in [0.1, 0.15) is 125 Å². The molecule has 0 radical (unpaired) electrons. The van der Waals surface area contributed by atoms with E-state index < -0.39 is 28.9 Å². The van der Waals surface area contributed by atoms with Gasteiger partial charge in [-0.05, 0) is 131 Å². The molecule has 4 fully saturated rings. The van der Waals surface area contributed by atoms with Gasteiger partial charge in [0.1, 0.15) is 6.10 Å². The molecule has 1 aromatic rings. The van der Waals surface area contributed by atoms with Crippen molar-refractivity contribution in [2.24, 2.45) is 56.7 Å². The average molecular weight is 761 g/mol. The summed E-state index contributed by atoms with van der Waals surface area (Å²) in [6.07, 6.45) is 7.47. The van der Waals surface area contributed by atoms with Crippen LogP contribution >= 0.6 is 0 Å². The van der Waals surface area contributed by atoms with Crippen LogP contribution < -0.4 is 0 Å². The molecule has 0 aromatic heterocycles. The summed E-state index contributed by atoms with van der Waals surface area (Å²) in [4.78, 5) is 43.7. The maximum atomic E-state index is 14.2. The second-order valence-corrected chi connectivity index (χ2v) is 21.0. The van der Waals surface area contributed by atoms with Crippen LogP contribution in [0.3, 0.4) is 0 Å². The fourth-order valence-corrected chi connectivity index (χ4v) is 13.2. The standard InChI is InChI=1S/C47H72N2O6/c1-30(2)40-35(50)26-47(37(51)29-49(25-24-48(9)10)28-31-14-12-11-13-15-31)23-22-45(7)32-18-19-36-44(5,6)38(55-39(52)27-43(3,4)42(53)54)20-21-46(36,8)33(32)16-17-34(45)41(40)47/h11-15,30,32-34,36-38,51H,16-29H2,1-10H3,(H,53,54)/t32-,33?,34-,36?,37-,38+,45+,46-,47+/m1/s1. The Kier molecular flexibility index (Phi) is 11.7. The number of allylic oxidation sites excluding steroid dienone is 1. The number of ether oxygens (including phenoxy) is 1. The fraction of sp³-hybridized carbons (Fsp3) is 0.766. The number of fused-ring (bicyclic) bond motifs is 7. The highest BCUT2D eigenvalue weighted by Gasteiger charge is 2.67. The lowest BCUT2D eigenvalue weighted by molar-refractivity contribution is -0.205. The Morgan fingerprint density at radius 1 is 0.909 bits per heavy atom. The van der Waals surface area contributed by atoms with E-state index in [1.165, 1.54) is 11.1 Å². The average Bonchev–Trinajstić information content (AvgIpc) is 3.42. The van der Waals surface area contributed by atoms with Gasteiger partial charge in [-0.15, -0.1) is 0 Å². The van der Waals surface area contributed by atoms with Gasteiger partial charge < -0.3 is 19.8 Å². The lowest BCUT2D eigenvalue weighted by Crippen LogP contribution is -2.62. The zero-order chi connectivity index (χ0) is 40.3. The number of aliphatic carboxylic acids is 1. The molecule has 0 amide bonds. The van der Waals surface area contributed by atoms with Gasteiger partial charge in [0.05, 0.1) is 17.9 Å². The zero-order valence-corrected chi connectivity index (χ0v) is 35.7. The molecule has 306 valence electrons. The molecule has 5 aliphatic rings. The first-order valence-electron chi connectivity index (χ1n) is 21.5. The second-order valence-electron chi connectivity index (χ2n) is 21.0. The smallest absolute Gasteiger partial charge is 0.309 e. The lowest BCUT2D eigenvalue weighted by Gasteiger charge is -2.68. The number of benzene rings is 1. The number of rotatable bonds is 13. The van der Waals surface area contributed by atoms with Crippen LogP contribution in [0.5, 0.6) is 0 Å². The van der Waals surface area contributed by atoms with E-state index in [1.54, 1.807) is 13.8 Å². The van der Waals surface area contributed by atoms with Crippen LogP contribution in [0.4, 0.5) is 0 Å². The van der Waals surface area contributed by atoms with E-state index in [1.807, 2.05) is 6.07 Å². The number of hydrogen-bond acceptors (Lipinski definition) is 7. The van der Waals surface area contributed by atoms with Gasteiger partial charge in [0.25, 0.3) is 0 Å². The van der Waals surface area contributed by atoms with Crippen molar-refractivity contribution in [2.75, 3.05) is 33.7 Å². The predicted molar refractivity (Wildman–Crippen MR) is 217 cm³/mol.